The van der Waals surface area contributed by atoms with Crippen molar-refractivity contribution in [3.63, 3.8) is 0 Å². The number of aryl methyl sites for hydroxylation is 1. The van der Waals surface area contributed by atoms with E-state index in [4.69, 9.17) is 10.00 Å². The molecule has 1 aromatic heterocycles. The summed E-state index contributed by atoms with van der Waals surface area (Å²) in [6.07, 6.45) is 1.46. The number of nitrogens with one attached hydrogen (secondary N) is 1. The molecule has 0 radical (unpaired) electrons. The van der Waals surface area contributed by atoms with E-state index < -0.39 is 0 Å². The molecule has 0 bridgehead atoms. The highest BCUT2D eigenvalue weighted by atomic mass is 16.5. The van der Waals surface area contributed by atoms with Crippen LogP contribution in [-0.4, -0.2) is 42.3 Å². The summed E-state index contributed by atoms with van der Waals surface area (Å²) in [6, 6.07) is 4.11. The summed E-state index contributed by atoms with van der Waals surface area (Å²) in [5.41, 5.74) is 0. The molecule has 0 amide bonds. The van der Waals surface area contributed by atoms with Gasteiger partial charge in [-0.3, -0.25) is 0 Å². The molecule has 1 fully saturated rings. The van der Waals surface area contributed by atoms with Crippen LogP contribution >= 0.6 is 0 Å². The minimum Gasteiger partial charge on any atom is -0.370 e. The van der Waals surface area contributed by atoms with Crippen LogP contribution in [0.2, 0.25) is 0 Å². The molecule has 1 unspecified atom stereocenters. The Morgan fingerprint density at radius 1 is 1.50 bits per heavy atom. The van der Waals surface area contributed by atoms with E-state index in [1.54, 1.807) is 0 Å². The Kier molecular flexibility index (Phi) is 5.13. The Morgan fingerprint density at radius 2 is 2.35 bits per heavy atom. The lowest BCUT2D eigenvalue weighted by Crippen LogP contribution is -2.42. The summed E-state index contributed by atoms with van der Waals surface area (Å²) in [5.74, 6) is 2.55. The van der Waals surface area contributed by atoms with Crippen molar-refractivity contribution in [3.8, 4) is 6.07 Å². The number of nitrogens with zero attached hydrogens (tertiary/aromatic N) is 4. The molecule has 1 aliphatic heterocycles. The molecule has 0 aromatic carbocycles. The zero-order valence-electron chi connectivity index (χ0n) is 12.1. The van der Waals surface area contributed by atoms with Gasteiger partial charge in [-0.25, -0.2) is 9.97 Å². The SMILES string of the molecule is CCCNc1cc(N2CCOC(C#N)C2)nc(CC)n1. The Bertz CT molecular complexity index is 485. The van der Waals surface area contributed by atoms with Crippen LogP contribution in [0.3, 0.4) is 0 Å². The van der Waals surface area contributed by atoms with Crippen LogP contribution in [0, 0.1) is 11.3 Å². The maximum atomic E-state index is 8.98. The first-order valence-corrected chi connectivity index (χ1v) is 7.14. The molecule has 20 heavy (non-hydrogen) atoms. The first-order chi connectivity index (χ1) is 9.76. The van der Waals surface area contributed by atoms with Gasteiger partial charge in [-0.1, -0.05) is 13.8 Å². The number of hydrogen-bond donors (Lipinski definition) is 1. The van der Waals surface area contributed by atoms with Crippen LogP contribution in [0.15, 0.2) is 6.07 Å². The standard InChI is InChI=1S/C14H21N5O/c1-3-5-16-13-8-14(18-12(4-2)17-13)19-6-7-20-11(9-15)10-19/h8,11H,3-7,10H2,1-2H3,(H,16,17,18). The Balaban J connectivity index is 2.19. The van der Waals surface area contributed by atoms with E-state index in [9.17, 15) is 0 Å². The van der Waals surface area contributed by atoms with Gasteiger partial charge in [0.25, 0.3) is 0 Å². The van der Waals surface area contributed by atoms with Crippen molar-refractivity contribution in [2.45, 2.75) is 32.8 Å². The molecular formula is C14H21N5O. The van der Waals surface area contributed by atoms with Gasteiger partial charge in [-0.15, -0.1) is 0 Å². The van der Waals surface area contributed by atoms with Gasteiger partial charge in [0.15, 0.2) is 6.10 Å². The van der Waals surface area contributed by atoms with Crippen molar-refractivity contribution < 1.29 is 4.74 Å². The molecule has 6 nitrogen and oxygen atoms in total. The largest absolute Gasteiger partial charge is 0.370 e. The van der Waals surface area contributed by atoms with Crippen LogP contribution in [-0.2, 0) is 11.2 Å². The Morgan fingerprint density at radius 3 is 3.05 bits per heavy atom. The van der Waals surface area contributed by atoms with E-state index in [-0.39, 0.29) is 6.10 Å². The fourth-order valence-corrected chi connectivity index (χ4v) is 2.08. The molecule has 6 heteroatoms. The topological polar surface area (TPSA) is 74.1 Å². The van der Waals surface area contributed by atoms with Gasteiger partial charge in [0, 0.05) is 25.6 Å². The Labute approximate surface area is 119 Å². The van der Waals surface area contributed by atoms with E-state index in [2.05, 4.69) is 33.2 Å². The van der Waals surface area contributed by atoms with Crippen LogP contribution in [0.5, 0.6) is 0 Å². The summed E-state index contributed by atoms with van der Waals surface area (Å²) >= 11 is 0. The maximum Gasteiger partial charge on any atom is 0.161 e. The first-order valence-electron chi connectivity index (χ1n) is 7.14. The highest BCUT2D eigenvalue weighted by Gasteiger charge is 2.21. The van der Waals surface area contributed by atoms with Crippen molar-refractivity contribution in [1.29, 1.82) is 5.26 Å². The summed E-state index contributed by atoms with van der Waals surface area (Å²) < 4.78 is 5.37. The number of anilines is 2. The number of aromatic nitrogens is 2. The molecule has 2 rings (SSSR count). The van der Waals surface area contributed by atoms with Crippen LogP contribution in [0.1, 0.15) is 26.1 Å². The van der Waals surface area contributed by atoms with Crippen LogP contribution < -0.4 is 10.2 Å². The second-order valence-corrected chi connectivity index (χ2v) is 4.74. The van der Waals surface area contributed by atoms with Gasteiger partial charge in [0.05, 0.1) is 19.2 Å². The quantitative estimate of drug-likeness (QED) is 0.879. The van der Waals surface area contributed by atoms with Gasteiger partial charge < -0.3 is 15.0 Å². The van der Waals surface area contributed by atoms with Crippen LogP contribution in [0.25, 0.3) is 0 Å². The molecule has 1 aromatic rings. The lowest BCUT2D eigenvalue weighted by molar-refractivity contribution is 0.0761. The summed E-state index contributed by atoms with van der Waals surface area (Å²) in [4.78, 5) is 11.1. The second kappa shape index (κ2) is 7.06. The smallest absolute Gasteiger partial charge is 0.161 e. The predicted molar refractivity (Wildman–Crippen MR) is 77.8 cm³/mol. The molecule has 1 aliphatic rings. The first kappa shape index (κ1) is 14.5. The molecule has 1 saturated heterocycles. The number of rotatable bonds is 5. The van der Waals surface area contributed by atoms with Crippen LogP contribution in [0.4, 0.5) is 11.6 Å². The average molecular weight is 275 g/mol. The summed E-state index contributed by atoms with van der Waals surface area (Å²) in [7, 11) is 0. The van der Waals surface area contributed by atoms with E-state index in [1.807, 2.05) is 13.0 Å². The zero-order valence-corrected chi connectivity index (χ0v) is 12.1. The monoisotopic (exact) mass is 275 g/mol. The molecule has 0 saturated carbocycles. The Hall–Kier alpha value is -1.87. The molecular weight excluding hydrogens is 254 g/mol. The molecule has 108 valence electrons. The third kappa shape index (κ3) is 3.58. The van der Waals surface area contributed by atoms with Crippen molar-refractivity contribution in [1.82, 2.24) is 9.97 Å². The zero-order chi connectivity index (χ0) is 14.4. The predicted octanol–water partition coefficient (Wildman–Crippen LogP) is 1.59. The van der Waals surface area contributed by atoms with Gasteiger partial charge in [-0.2, -0.15) is 5.26 Å². The molecule has 0 aliphatic carbocycles. The van der Waals surface area contributed by atoms with Crippen molar-refractivity contribution in [3.05, 3.63) is 11.9 Å². The minimum absolute atomic E-state index is 0.379. The lowest BCUT2D eigenvalue weighted by atomic mass is 10.3. The van der Waals surface area contributed by atoms with E-state index in [0.717, 1.165) is 43.4 Å². The third-order valence-electron chi connectivity index (χ3n) is 3.17. The fourth-order valence-electron chi connectivity index (χ4n) is 2.08. The van der Waals surface area contributed by atoms with Crippen molar-refractivity contribution >= 4 is 11.6 Å². The number of nitriles is 1. The number of morpholine rings is 1. The van der Waals surface area contributed by atoms with Gasteiger partial charge >= 0.3 is 0 Å². The van der Waals surface area contributed by atoms with Crippen molar-refractivity contribution in [2.75, 3.05) is 36.5 Å². The maximum absolute atomic E-state index is 8.98. The van der Waals surface area contributed by atoms with E-state index >= 15 is 0 Å². The third-order valence-corrected chi connectivity index (χ3v) is 3.17. The van der Waals surface area contributed by atoms with Crippen molar-refractivity contribution in [2.24, 2.45) is 0 Å². The minimum atomic E-state index is -0.379. The molecule has 0 spiro atoms. The average Bonchev–Trinajstić information content (AvgIpc) is 2.52. The fraction of sp³-hybridized carbons (Fsp3) is 0.643. The van der Waals surface area contributed by atoms with Gasteiger partial charge in [-0.05, 0) is 6.42 Å². The van der Waals surface area contributed by atoms with Gasteiger partial charge in [0.1, 0.15) is 17.5 Å². The normalized spacial score (nSPS) is 18.6. The highest BCUT2D eigenvalue weighted by molar-refractivity contribution is 5.50. The number of hydrogen-bond acceptors (Lipinski definition) is 6. The summed E-state index contributed by atoms with van der Waals surface area (Å²) in [5, 5.41) is 12.3. The van der Waals surface area contributed by atoms with E-state index in [1.165, 1.54) is 0 Å². The summed E-state index contributed by atoms with van der Waals surface area (Å²) in [6.45, 7) is 6.93. The number of ether oxygens (including phenoxy) is 1. The molecule has 2 heterocycles. The lowest BCUT2D eigenvalue weighted by Gasteiger charge is -2.31. The molecule has 1 N–H and O–H groups in total. The van der Waals surface area contributed by atoms with Gasteiger partial charge in [0.2, 0.25) is 0 Å². The molecule has 1 atom stereocenters. The highest BCUT2D eigenvalue weighted by Crippen LogP contribution is 2.19. The van der Waals surface area contributed by atoms with E-state index in [0.29, 0.717) is 13.2 Å². The second-order valence-electron chi connectivity index (χ2n) is 4.74.